The molecule has 2 aromatic rings. The van der Waals surface area contributed by atoms with Crippen LogP contribution in [0.1, 0.15) is 12.5 Å². The standard InChI is InChI=1S/C17H18N2O2S/c1-3-12-7-4-5-10-15(12)19-17(21)16(20)18-13-8-6-9-14(11-13)22-2/h4-11H,3H2,1-2H3,(H,18,20)(H,19,21). The second-order valence-electron chi connectivity index (χ2n) is 4.65. The van der Waals surface area contributed by atoms with Crippen LogP contribution in [-0.4, -0.2) is 18.1 Å². The zero-order valence-electron chi connectivity index (χ0n) is 12.6. The van der Waals surface area contributed by atoms with E-state index in [0.29, 0.717) is 11.4 Å². The fourth-order valence-corrected chi connectivity index (χ4v) is 2.48. The van der Waals surface area contributed by atoms with Crippen molar-refractivity contribution >= 4 is 35.0 Å². The number of thioether (sulfide) groups is 1. The van der Waals surface area contributed by atoms with Crippen molar-refractivity contribution in [2.45, 2.75) is 18.2 Å². The first-order valence-corrected chi connectivity index (χ1v) is 8.20. The molecule has 2 rings (SSSR count). The number of carbonyl (C=O) groups is 2. The van der Waals surface area contributed by atoms with Crippen LogP contribution in [0.15, 0.2) is 53.4 Å². The number of aryl methyl sites for hydroxylation is 1. The highest BCUT2D eigenvalue weighted by Gasteiger charge is 2.15. The zero-order chi connectivity index (χ0) is 15.9. The molecule has 0 saturated carbocycles. The van der Waals surface area contributed by atoms with Gasteiger partial charge in [0.15, 0.2) is 0 Å². The highest BCUT2D eigenvalue weighted by molar-refractivity contribution is 7.98. The van der Waals surface area contributed by atoms with Crippen molar-refractivity contribution in [2.75, 3.05) is 16.9 Å². The van der Waals surface area contributed by atoms with Crippen LogP contribution in [0.4, 0.5) is 11.4 Å². The molecule has 0 fully saturated rings. The Morgan fingerprint density at radius 2 is 1.73 bits per heavy atom. The van der Waals surface area contributed by atoms with Gasteiger partial charge < -0.3 is 10.6 Å². The lowest BCUT2D eigenvalue weighted by Crippen LogP contribution is -2.29. The van der Waals surface area contributed by atoms with Crippen molar-refractivity contribution in [1.82, 2.24) is 0 Å². The Morgan fingerprint density at radius 1 is 1.00 bits per heavy atom. The summed E-state index contributed by atoms with van der Waals surface area (Å²) in [5.41, 5.74) is 2.27. The molecule has 22 heavy (non-hydrogen) atoms. The number of para-hydroxylation sites is 1. The van der Waals surface area contributed by atoms with Crippen molar-refractivity contribution in [3.63, 3.8) is 0 Å². The molecule has 0 radical (unpaired) electrons. The summed E-state index contributed by atoms with van der Waals surface area (Å²) in [5.74, 6) is -1.35. The molecular formula is C17H18N2O2S. The first kappa shape index (κ1) is 16.1. The Balaban J connectivity index is 2.04. The molecule has 0 aliphatic heterocycles. The quantitative estimate of drug-likeness (QED) is 0.670. The second-order valence-corrected chi connectivity index (χ2v) is 5.53. The third kappa shape index (κ3) is 4.11. The van der Waals surface area contributed by atoms with E-state index < -0.39 is 11.8 Å². The summed E-state index contributed by atoms with van der Waals surface area (Å²) in [6.07, 6.45) is 2.74. The van der Waals surface area contributed by atoms with Crippen LogP contribution < -0.4 is 10.6 Å². The van der Waals surface area contributed by atoms with Gasteiger partial charge in [-0.2, -0.15) is 0 Å². The fourth-order valence-electron chi connectivity index (χ4n) is 2.02. The molecule has 0 spiro atoms. The summed E-state index contributed by atoms with van der Waals surface area (Å²) in [6, 6.07) is 14.8. The first-order chi connectivity index (χ1) is 10.6. The van der Waals surface area contributed by atoms with Crippen LogP contribution in [-0.2, 0) is 16.0 Å². The minimum Gasteiger partial charge on any atom is -0.318 e. The van der Waals surface area contributed by atoms with Crippen LogP contribution in [0.25, 0.3) is 0 Å². The lowest BCUT2D eigenvalue weighted by Gasteiger charge is -2.10. The maximum Gasteiger partial charge on any atom is 0.314 e. The number of hydrogen-bond acceptors (Lipinski definition) is 3. The topological polar surface area (TPSA) is 58.2 Å². The molecular weight excluding hydrogens is 296 g/mol. The second kappa shape index (κ2) is 7.66. The van der Waals surface area contributed by atoms with E-state index in [1.54, 1.807) is 23.9 Å². The SMILES string of the molecule is CCc1ccccc1NC(=O)C(=O)Nc1cccc(SC)c1. The van der Waals surface area contributed by atoms with Crippen molar-refractivity contribution in [2.24, 2.45) is 0 Å². The maximum atomic E-state index is 12.0. The van der Waals surface area contributed by atoms with Gasteiger partial charge in [0, 0.05) is 16.3 Å². The molecule has 0 bridgehead atoms. The molecule has 0 unspecified atom stereocenters. The number of hydrogen-bond donors (Lipinski definition) is 2. The first-order valence-electron chi connectivity index (χ1n) is 6.98. The fraction of sp³-hybridized carbons (Fsp3) is 0.176. The van der Waals surface area contributed by atoms with Crippen LogP contribution in [0.3, 0.4) is 0 Å². The summed E-state index contributed by atoms with van der Waals surface area (Å²) < 4.78 is 0. The molecule has 2 aromatic carbocycles. The highest BCUT2D eigenvalue weighted by atomic mass is 32.2. The van der Waals surface area contributed by atoms with Gasteiger partial charge in [-0.3, -0.25) is 9.59 Å². The van der Waals surface area contributed by atoms with E-state index in [-0.39, 0.29) is 0 Å². The minimum atomic E-state index is -0.677. The molecule has 2 N–H and O–H groups in total. The van der Waals surface area contributed by atoms with E-state index in [0.717, 1.165) is 16.9 Å². The normalized spacial score (nSPS) is 10.1. The van der Waals surface area contributed by atoms with E-state index >= 15 is 0 Å². The van der Waals surface area contributed by atoms with Crippen LogP contribution in [0, 0.1) is 0 Å². The molecule has 0 aliphatic rings. The Hall–Kier alpha value is -2.27. The number of carbonyl (C=O) groups excluding carboxylic acids is 2. The van der Waals surface area contributed by atoms with Gasteiger partial charge in [0.05, 0.1) is 0 Å². The largest absolute Gasteiger partial charge is 0.318 e. The van der Waals surface area contributed by atoms with Gasteiger partial charge in [-0.05, 0) is 42.5 Å². The molecule has 5 heteroatoms. The summed E-state index contributed by atoms with van der Waals surface area (Å²) in [6.45, 7) is 2.00. The Morgan fingerprint density at radius 3 is 2.45 bits per heavy atom. The molecule has 0 heterocycles. The number of rotatable bonds is 4. The molecule has 4 nitrogen and oxygen atoms in total. The van der Waals surface area contributed by atoms with Crippen LogP contribution >= 0.6 is 11.8 Å². The van der Waals surface area contributed by atoms with Crippen molar-refractivity contribution in [1.29, 1.82) is 0 Å². The van der Waals surface area contributed by atoms with E-state index in [1.807, 2.05) is 49.6 Å². The summed E-state index contributed by atoms with van der Waals surface area (Å²) in [5, 5.41) is 5.26. The zero-order valence-corrected chi connectivity index (χ0v) is 13.4. The number of benzene rings is 2. The third-order valence-corrected chi connectivity index (χ3v) is 3.91. The van der Waals surface area contributed by atoms with Crippen LogP contribution in [0.2, 0.25) is 0 Å². The van der Waals surface area contributed by atoms with E-state index in [2.05, 4.69) is 10.6 Å². The minimum absolute atomic E-state index is 0.607. The molecule has 0 aliphatic carbocycles. The van der Waals surface area contributed by atoms with Crippen molar-refractivity contribution in [3.8, 4) is 0 Å². The Labute approximate surface area is 134 Å². The third-order valence-electron chi connectivity index (χ3n) is 3.18. The average molecular weight is 314 g/mol. The molecule has 0 atom stereocenters. The van der Waals surface area contributed by atoms with Gasteiger partial charge in [-0.1, -0.05) is 31.2 Å². The van der Waals surface area contributed by atoms with E-state index in [9.17, 15) is 9.59 Å². The summed E-state index contributed by atoms with van der Waals surface area (Å²) in [7, 11) is 0. The van der Waals surface area contributed by atoms with Gasteiger partial charge in [-0.15, -0.1) is 11.8 Å². The molecule has 0 saturated heterocycles. The van der Waals surface area contributed by atoms with E-state index in [1.165, 1.54) is 0 Å². The molecule has 2 amide bonds. The summed E-state index contributed by atoms with van der Waals surface area (Å²) in [4.78, 5) is 25.0. The predicted octanol–water partition coefficient (Wildman–Crippen LogP) is 3.55. The summed E-state index contributed by atoms with van der Waals surface area (Å²) >= 11 is 1.57. The van der Waals surface area contributed by atoms with Gasteiger partial charge >= 0.3 is 11.8 Å². The Kier molecular flexibility index (Phi) is 5.61. The number of anilines is 2. The van der Waals surface area contributed by atoms with E-state index in [4.69, 9.17) is 0 Å². The van der Waals surface area contributed by atoms with Gasteiger partial charge in [0.2, 0.25) is 0 Å². The maximum absolute atomic E-state index is 12.0. The van der Waals surface area contributed by atoms with Crippen molar-refractivity contribution < 1.29 is 9.59 Å². The predicted molar refractivity (Wildman–Crippen MR) is 91.3 cm³/mol. The van der Waals surface area contributed by atoms with Gasteiger partial charge in [0.1, 0.15) is 0 Å². The monoisotopic (exact) mass is 314 g/mol. The lowest BCUT2D eigenvalue weighted by atomic mass is 10.1. The average Bonchev–Trinajstić information content (AvgIpc) is 2.55. The molecule has 0 aromatic heterocycles. The lowest BCUT2D eigenvalue weighted by molar-refractivity contribution is -0.133. The smallest absolute Gasteiger partial charge is 0.314 e. The number of amides is 2. The van der Waals surface area contributed by atoms with Gasteiger partial charge in [-0.25, -0.2) is 0 Å². The molecule has 114 valence electrons. The van der Waals surface area contributed by atoms with Crippen LogP contribution in [0.5, 0.6) is 0 Å². The van der Waals surface area contributed by atoms with Crippen molar-refractivity contribution in [3.05, 3.63) is 54.1 Å². The number of nitrogens with one attached hydrogen (secondary N) is 2. The van der Waals surface area contributed by atoms with Gasteiger partial charge in [0.25, 0.3) is 0 Å². The highest BCUT2D eigenvalue weighted by Crippen LogP contribution is 2.19. The Bertz CT molecular complexity index is 686.